The molecule has 0 saturated carbocycles. The SMILES string of the molecule is O=C(Nc1n[nH]c2ccccc12)c1cccc(=O)[nH]1. The van der Waals surface area contributed by atoms with Crippen LogP contribution in [0.5, 0.6) is 0 Å². The Bertz CT molecular complexity index is 803. The van der Waals surface area contributed by atoms with Gasteiger partial charge in [0.15, 0.2) is 5.82 Å². The number of nitrogens with one attached hydrogen (secondary N) is 3. The van der Waals surface area contributed by atoms with Gasteiger partial charge in [-0.1, -0.05) is 18.2 Å². The lowest BCUT2D eigenvalue weighted by Gasteiger charge is -2.01. The molecular weight excluding hydrogens is 244 g/mol. The molecule has 2 heterocycles. The van der Waals surface area contributed by atoms with Crippen LogP contribution in [0.3, 0.4) is 0 Å². The molecule has 0 unspecified atom stereocenters. The van der Waals surface area contributed by atoms with Crippen LogP contribution >= 0.6 is 0 Å². The van der Waals surface area contributed by atoms with E-state index in [1.165, 1.54) is 18.2 Å². The zero-order valence-electron chi connectivity index (χ0n) is 9.81. The fraction of sp³-hybridized carbons (Fsp3) is 0. The Hall–Kier alpha value is -2.89. The molecule has 6 nitrogen and oxygen atoms in total. The Morgan fingerprint density at radius 1 is 1.11 bits per heavy atom. The minimum atomic E-state index is -0.407. The number of anilines is 1. The predicted molar refractivity (Wildman–Crippen MR) is 71.1 cm³/mol. The summed E-state index contributed by atoms with van der Waals surface area (Å²) in [5.74, 6) is 0.0280. The molecule has 0 spiro atoms. The highest BCUT2D eigenvalue weighted by atomic mass is 16.2. The van der Waals surface area contributed by atoms with Crippen molar-refractivity contribution in [1.29, 1.82) is 0 Å². The molecule has 0 bridgehead atoms. The number of para-hydroxylation sites is 1. The van der Waals surface area contributed by atoms with Crippen LogP contribution in [0.25, 0.3) is 10.9 Å². The van der Waals surface area contributed by atoms with E-state index >= 15 is 0 Å². The van der Waals surface area contributed by atoms with E-state index in [2.05, 4.69) is 20.5 Å². The van der Waals surface area contributed by atoms with Crippen molar-refractivity contribution in [3.8, 4) is 0 Å². The molecule has 2 aromatic heterocycles. The number of carbonyl (C=O) groups is 1. The highest BCUT2D eigenvalue weighted by molar-refractivity contribution is 6.06. The van der Waals surface area contributed by atoms with Gasteiger partial charge in [-0.25, -0.2) is 0 Å². The minimum absolute atomic E-state index is 0.194. The monoisotopic (exact) mass is 254 g/mol. The van der Waals surface area contributed by atoms with Gasteiger partial charge in [-0.2, -0.15) is 5.10 Å². The first-order valence-electron chi connectivity index (χ1n) is 5.68. The van der Waals surface area contributed by atoms with Crippen LogP contribution in [0.15, 0.2) is 47.3 Å². The molecule has 6 heteroatoms. The number of hydrogen-bond acceptors (Lipinski definition) is 3. The Balaban J connectivity index is 1.93. The van der Waals surface area contributed by atoms with Crippen molar-refractivity contribution in [2.75, 3.05) is 5.32 Å². The van der Waals surface area contributed by atoms with E-state index in [4.69, 9.17) is 0 Å². The number of H-pyrrole nitrogens is 2. The molecule has 94 valence electrons. The summed E-state index contributed by atoms with van der Waals surface area (Å²) in [6.07, 6.45) is 0. The lowest BCUT2D eigenvalue weighted by Crippen LogP contribution is -2.18. The maximum atomic E-state index is 12.0. The van der Waals surface area contributed by atoms with E-state index in [1.54, 1.807) is 0 Å². The summed E-state index contributed by atoms with van der Waals surface area (Å²) in [5.41, 5.74) is 0.707. The summed E-state index contributed by atoms with van der Waals surface area (Å²) in [6, 6.07) is 11.9. The second kappa shape index (κ2) is 4.41. The van der Waals surface area contributed by atoms with Gasteiger partial charge in [-0.3, -0.25) is 14.7 Å². The molecule has 1 amide bonds. The third kappa shape index (κ3) is 2.11. The third-order valence-corrected chi connectivity index (χ3v) is 2.72. The van der Waals surface area contributed by atoms with E-state index < -0.39 is 5.91 Å². The van der Waals surface area contributed by atoms with Crippen LogP contribution in [0.1, 0.15) is 10.5 Å². The van der Waals surface area contributed by atoms with Crippen molar-refractivity contribution in [3.05, 3.63) is 58.5 Å². The number of hydrogen-bond donors (Lipinski definition) is 3. The first-order chi connectivity index (χ1) is 9.24. The lowest BCUT2D eigenvalue weighted by molar-refractivity contribution is 0.102. The predicted octanol–water partition coefficient (Wildman–Crippen LogP) is 1.50. The maximum absolute atomic E-state index is 12.0. The number of aromatic amines is 2. The molecule has 3 N–H and O–H groups in total. The quantitative estimate of drug-likeness (QED) is 0.647. The molecule has 0 aliphatic rings. The Morgan fingerprint density at radius 2 is 1.95 bits per heavy atom. The van der Waals surface area contributed by atoms with E-state index in [9.17, 15) is 9.59 Å². The second-order valence-electron chi connectivity index (χ2n) is 4.00. The summed E-state index contributed by atoms with van der Waals surface area (Å²) < 4.78 is 0. The number of benzene rings is 1. The van der Waals surface area contributed by atoms with Crippen LogP contribution in [-0.2, 0) is 0 Å². The molecule has 0 radical (unpaired) electrons. The number of pyridine rings is 1. The number of amides is 1. The van der Waals surface area contributed by atoms with Crippen LogP contribution < -0.4 is 10.9 Å². The van der Waals surface area contributed by atoms with E-state index in [0.29, 0.717) is 5.82 Å². The number of nitrogens with zero attached hydrogens (tertiary/aromatic N) is 1. The Morgan fingerprint density at radius 3 is 2.79 bits per heavy atom. The zero-order chi connectivity index (χ0) is 13.2. The lowest BCUT2D eigenvalue weighted by atomic mass is 10.2. The average molecular weight is 254 g/mol. The van der Waals surface area contributed by atoms with Gasteiger partial charge in [0.2, 0.25) is 5.56 Å². The van der Waals surface area contributed by atoms with E-state index in [-0.39, 0.29) is 11.3 Å². The number of rotatable bonds is 2. The van der Waals surface area contributed by atoms with Gasteiger partial charge in [-0.05, 0) is 18.2 Å². The largest absolute Gasteiger partial charge is 0.318 e. The van der Waals surface area contributed by atoms with Crippen molar-refractivity contribution in [2.45, 2.75) is 0 Å². The second-order valence-corrected chi connectivity index (χ2v) is 4.00. The summed E-state index contributed by atoms with van der Waals surface area (Å²) in [4.78, 5) is 25.6. The van der Waals surface area contributed by atoms with Gasteiger partial charge in [0.25, 0.3) is 5.91 Å². The summed E-state index contributed by atoms with van der Waals surface area (Å²) in [7, 11) is 0. The first kappa shape index (κ1) is 11.2. The number of fused-ring (bicyclic) bond motifs is 1. The van der Waals surface area contributed by atoms with Gasteiger partial charge in [0.1, 0.15) is 5.69 Å². The molecule has 0 aliphatic heterocycles. The Kier molecular flexibility index (Phi) is 2.60. The molecule has 19 heavy (non-hydrogen) atoms. The summed E-state index contributed by atoms with van der Waals surface area (Å²) in [6.45, 7) is 0. The van der Waals surface area contributed by atoms with Gasteiger partial charge >= 0.3 is 0 Å². The Labute approximate surface area is 107 Å². The molecule has 0 atom stereocenters. The summed E-state index contributed by atoms with van der Waals surface area (Å²) >= 11 is 0. The number of aromatic nitrogens is 3. The normalized spacial score (nSPS) is 10.5. The van der Waals surface area contributed by atoms with Crippen LogP contribution in [0.2, 0.25) is 0 Å². The molecule has 3 rings (SSSR count). The van der Waals surface area contributed by atoms with Gasteiger partial charge in [0.05, 0.1) is 5.52 Å². The molecule has 3 aromatic rings. The van der Waals surface area contributed by atoms with Crippen molar-refractivity contribution in [1.82, 2.24) is 15.2 Å². The van der Waals surface area contributed by atoms with Crippen LogP contribution in [-0.4, -0.2) is 21.1 Å². The topological polar surface area (TPSA) is 90.6 Å². The van der Waals surface area contributed by atoms with Gasteiger partial charge in [-0.15, -0.1) is 0 Å². The third-order valence-electron chi connectivity index (χ3n) is 2.72. The van der Waals surface area contributed by atoms with Crippen molar-refractivity contribution in [3.63, 3.8) is 0 Å². The molecular formula is C13H10N4O2. The fourth-order valence-electron chi connectivity index (χ4n) is 1.81. The highest BCUT2D eigenvalue weighted by Crippen LogP contribution is 2.19. The van der Waals surface area contributed by atoms with Crippen LogP contribution in [0, 0.1) is 0 Å². The van der Waals surface area contributed by atoms with E-state index in [0.717, 1.165) is 10.9 Å². The minimum Gasteiger partial charge on any atom is -0.318 e. The molecule has 0 aliphatic carbocycles. The van der Waals surface area contributed by atoms with Crippen molar-refractivity contribution in [2.24, 2.45) is 0 Å². The van der Waals surface area contributed by atoms with Gasteiger partial charge < -0.3 is 10.3 Å². The fourth-order valence-corrected chi connectivity index (χ4v) is 1.81. The van der Waals surface area contributed by atoms with Crippen molar-refractivity contribution < 1.29 is 4.79 Å². The van der Waals surface area contributed by atoms with Crippen LogP contribution in [0.4, 0.5) is 5.82 Å². The first-order valence-corrected chi connectivity index (χ1v) is 5.68. The van der Waals surface area contributed by atoms with E-state index in [1.807, 2.05) is 24.3 Å². The maximum Gasteiger partial charge on any atom is 0.273 e. The molecule has 0 saturated heterocycles. The molecule has 1 aromatic carbocycles. The smallest absolute Gasteiger partial charge is 0.273 e. The van der Waals surface area contributed by atoms with Gasteiger partial charge in [0, 0.05) is 11.5 Å². The summed E-state index contributed by atoms with van der Waals surface area (Å²) in [5, 5.41) is 10.3. The zero-order valence-corrected chi connectivity index (χ0v) is 9.81. The standard InChI is InChI=1S/C13H10N4O2/c18-11-7-3-6-10(14-11)13(19)15-12-8-4-1-2-5-9(8)16-17-12/h1-7H,(H,14,18)(H2,15,16,17,19). The average Bonchev–Trinajstić information content (AvgIpc) is 2.82. The van der Waals surface area contributed by atoms with Crippen molar-refractivity contribution >= 4 is 22.6 Å². The molecule has 0 fully saturated rings. The highest BCUT2D eigenvalue weighted by Gasteiger charge is 2.11. The number of carbonyl (C=O) groups excluding carboxylic acids is 1.